The van der Waals surface area contributed by atoms with Gasteiger partial charge in [-0.1, -0.05) is 5.16 Å². The highest BCUT2D eigenvalue weighted by Gasteiger charge is 2.14. The molecule has 2 heterocycles. The number of pyridine rings is 1. The van der Waals surface area contributed by atoms with E-state index in [4.69, 9.17) is 9.26 Å². The summed E-state index contributed by atoms with van der Waals surface area (Å²) in [6, 6.07) is 12.3. The molecule has 0 fully saturated rings. The second-order valence-corrected chi connectivity index (χ2v) is 4.49. The van der Waals surface area contributed by atoms with E-state index in [-0.39, 0.29) is 11.6 Å². The number of ether oxygens (including phenoxy) is 1. The number of amides is 1. The normalized spacial score (nSPS) is 10.2. The van der Waals surface area contributed by atoms with Gasteiger partial charge in [0.2, 0.25) is 0 Å². The molecule has 1 amide bonds. The van der Waals surface area contributed by atoms with E-state index >= 15 is 0 Å². The Balaban J connectivity index is 1.76. The summed E-state index contributed by atoms with van der Waals surface area (Å²) in [5.41, 5.74) is 1.67. The average molecular weight is 295 g/mol. The third kappa shape index (κ3) is 2.95. The summed E-state index contributed by atoms with van der Waals surface area (Å²) in [5.74, 6) is 0.927. The molecule has 0 bridgehead atoms. The van der Waals surface area contributed by atoms with Gasteiger partial charge in [-0.2, -0.15) is 0 Å². The topological polar surface area (TPSA) is 77.2 Å². The van der Waals surface area contributed by atoms with Gasteiger partial charge in [0, 0.05) is 29.7 Å². The Hall–Kier alpha value is -3.15. The lowest BCUT2D eigenvalue weighted by Crippen LogP contribution is -2.11. The van der Waals surface area contributed by atoms with Gasteiger partial charge in [0.05, 0.1) is 7.11 Å². The first kappa shape index (κ1) is 13.8. The quantitative estimate of drug-likeness (QED) is 0.800. The van der Waals surface area contributed by atoms with Gasteiger partial charge in [-0.05, 0) is 36.4 Å². The summed E-state index contributed by atoms with van der Waals surface area (Å²) in [5, 5.41) is 6.52. The fraction of sp³-hybridized carbons (Fsp3) is 0.0625. The third-order valence-electron chi connectivity index (χ3n) is 3.06. The minimum atomic E-state index is -0.338. The predicted molar refractivity (Wildman–Crippen MR) is 80.7 cm³/mol. The Labute approximate surface area is 126 Å². The molecule has 0 aliphatic rings. The number of anilines is 1. The largest absolute Gasteiger partial charge is 0.497 e. The summed E-state index contributed by atoms with van der Waals surface area (Å²) in [6.07, 6.45) is 3.20. The zero-order chi connectivity index (χ0) is 15.4. The number of nitrogens with zero attached hydrogens (tertiary/aromatic N) is 2. The van der Waals surface area contributed by atoms with E-state index in [0.29, 0.717) is 11.4 Å². The number of nitrogens with one attached hydrogen (secondary N) is 1. The molecule has 0 spiro atoms. The Morgan fingerprint density at radius 2 is 1.86 bits per heavy atom. The zero-order valence-corrected chi connectivity index (χ0v) is 11.8. The van der Waals surface area contributed by atoms with E-state index in [1.807, 2.05) is 24.3 Å². The average Bonchev–Trinajstić information content (AvgIpc) is 3.06. The molecular formula is C16H13N3O3. The maximum absolute atomic E-state index is 12.1. The van der Waals surface area contributed by atoms with Crippen LogP contribution in [-0.4, -0.2) is 23.2 Å². The van der Waals surface area contributed by atoms with Gasteiger partial charge in [0.1, 0.15) is 5.75 Å². The van der Waals surface area contributed by atoms with Crippen LogP contribution in [-0.2, 0) is 0 Å². The van der Waals surface area contributed by atoms with Gasteiger partial charge in [-0.3, -0.25) is 9.78 Å². The molecule has 0 saturated carbocycles. The van der Waals surface area contributed by atoms with Crippen molar-refractivity contribution in [1.29, 1.82) is 0 Å². The van der Waals surface area contributed by atoms with Crippen molar-refractivity contribution in [1.82, 2.24) is 10.1 Å². The number of benzene rings is 1. The first-order chi connectivity index (χ1) is 10.8. The second kappa shape index (κ2) is 6.09. The van der Waals surface area contributed by atoms with Crippen molar-refractivity contribution in [3.8, 4) is 17.1 Å². The minimum absolute atomic E-state index is 0.211. The van der Waals surface area contributed by atoms with E-state index in [9.17, 15) is 4.79 Å². The van der Waals surface area contributed by atoms with Gasteiger partial charge in [-0.15, -0.1) is 0 Å². The highest BCUT2D eigenvalue weighted by atomic mass is 16.5. The van der Waals surface area contributed by atoms with E-state index < -0.39 is 0 Å². The predicted octanol–water partition coefficient (Wildman–Crippen LogP) is 3.00. The van der Waals surface area contributed by atoms with Crippen molar-refractivity contribution in [2.24, 2.45) is 0 Å². The molecule has 0 atom stereocenters. The summed E-state index contributed by atoms with van der Waals surface area (Å²) in [6.45, 7) is 0. The highest BCUT2D eigenvalue weighted by Crippen LogP contribution is 2.23. The number of hydrogen-bond donors (Lipinski definition) is 1. The van der Waals surface area contributed by atoms with E-state index in [1.54, 1.807) is 37.7 Å². The molecule has 110 valence electrons. The Morgan fingerprint density at radius 1 is 1.14 bits per heavy atom. The molecule has 6 nitrogen and oxygen atoms in total. The van der Waals surface area contributed by atoms with Crippen molar-refractivity contribution in [3.63, 3.8) is 0 Å². The van der Waals surface area contributed by atoms with E-state index in [2.05, 4.69) is 15.5 Å². The lowest BCUT2D eigenvalue weighted by Gasteiger charge is -2.00. The first-order valence-corrected chi connectivity index (χ1v) is 6.59. The van der Waals surface area contributed by atoms with Crippen LogP contribution in [0.25, 0.3) is 11.3 Å². The van der Waals surface area contributed by atoms with Crippen molar-refractivity contribution in [2.75, 3.05) is 12.4 Å². The zero-order valence-electron chi connectivity index (χ0n) is 11.8. The van der Waals surface area contributed by atoms with Crippen LogP contribution in [0.15, 0.2) is 59.4 Å². The first-order valence-electron chi connectivity index (χ1n) is 6.59. The fourth-order valence-corrected chi connectivity index (χ4v) is 1.90. The summed E-state index contributed by atoms with van der Waals surface area (Å²) in [7, 11) is 1.60. The molecule has 3 aromatic rings. The summed E-state index contributed by atoms with van der Waals surface area (Å²) in [4.78, 5) is 16.0. The minimum Gasteiger partial charge on any atom is -0.497 e. The molecule has 0 aliphatic heterocycles. The van der Waals surface area contributed by atoms with Gasteiger partial charge in [0.25, 0.3) is 5.91 Å². The lowest BCUT2D eigenvalue weighted by molar-refractivity contribution is 0.101. The SMILES string of the molecule is COc1ccc(-c2cc(C(=O)Nc3ccncc3)no2)cc1. The smallest absolute Gasteiger partial charge is 0.277 e. The number of carbonyl (C=O) groups is 1. The molecule has 0 radical (unpaired) electrons. The molecule has 3 rings (SSSR count). The third-order valence-corrected chi connectivity index (χ3v) is 3.06. The maximum Gasteiger partial charge on any atom is 0.277 e. The van der Waals surface area contributed by atoms with Crippen LogP contribution in [0.1, 0.15) is 10.5 Å². The van der Waals surface area contributed by atoms with Crippen LogP contribution in [0.5, 0.6) is 5.75 Å². The molecule has 0 aliphatic carbocycles. The molecule has 22 heavy (non-hydrogen) atoms. The van der Waals surface area contributed by atoms with Crippen LogP contribution >= 0.6 is 0 Å². The van der Waals surface area contributed by atoms with Crippen LogP contribution in [0.2, 0.25) is 0 Å². The molecule has 0 saturated heterocycles. The van der Waals surface area contributed by atoms with Gasteiger partial charge in [-0.25, -0.2) is 0 Å². The molecule has 2 aromatic heterocycles. The van der Waals surface area contributed by atoms with E-state index in [0.717, 1.165) is 11.3 Å². The Bertz CT molecular complexity index is 767. The highest BCUT2D eigenvalue weighted by molar-refractivity contribution is 6.03. The van der Waals surface area contributed by atoms with Crippen molar-refractivity contribution in [3.05, 3.63) is 60.6 Å². The molecule has 0 unspecified atom stereocenters. The van der Waals surface area contributed by atoms with Crippen LogP contribution < -0.4 is 10.1 Å². The van der Waals surface area contributed by atoms with Crippen LogP contribution in [0.4, 0.5) is 5.69 Å². The second-order valence-electron chi connectivity index (χ2n) is 4.49. The molecule has 1 N–H and O–H groups in total. The van der Waals surface area contributed by atoms with Crippen molar-refractivity contribution < 1.29 is 14.1 Å². The monoisotopic (exact) mass is 295 g/mol. The van der Waals surface area contributed by atoms with Gasteiger partial charge < -0.3 is 14.6 Å². The summed E-state index contributed by atoms with van der Waals surface area (Å²) >= 11 is 0. The van der Waals surface area contributed by atoms with Crippen LogP contribution in [0.3, 0.4) is 0 Å². The summed E-state index contributed by atoms with van der Waals surface area (Å²) < 4.78 is 10.3. The number of aromatic nitrogens is 2. The Kier molecular flexibility index (Phi) is 3.82. The number of hydrogen-bond acceptors (Lipinski definition) is 5. The number of methoxy groups -OCH3 is 1. The number of carbonyl (C=O) groups excluding carboxylic acids is 1. The van der Waals surface area contributed by atoms with E-state index in [1.165, 1.54) is 0 Å². The van der Waals surface area contributed by atoms with Crippen molar-refractivity contribution in [2.45, 2.75) is 0 Å². The standard InChI is InChI=1S/C16H13N3O3/c1-21-13-4-2-11(3-5-13)15-10-14(19-22-15)16(20)18-12-6-8-17-9-7-12/h2-10H,1H3,(H,17,18,20). The molecule has 6 heteroatoms. The molecule has 1 aromatic carbocycles. The molecular weight excluding hydrogens is 282 g/mol. The lowest BCUT2D eigenvalue weighted by atomic mass is 10.1. The van der Waals surface area contributed by atoms with Crippen LogP contribution in [0, 0.1) is 0 Å². The fourth-order valence-electron chi connectivity index (χ4n) is 1.90. The van der Waals surface area contributed by atoms with Gasteiger partial charge in [0.15, 0.2) is 11.5 Å². The van der Waals surface area contributed by atoms with Crippen molar-refractivity contribution >= 4 is 11.6 Å². The van der Waals surface area contributed by atoms with Gasteiger partial charge >= 0.3 is 0 Å². The number of rotatable bonds is 4. The maximum atomic E-state index is 12.1. The Morgan fingerprint density at radius 3 is 2.55 bits per heavy atom.